The van der Waals surface area contributed by atoms with Gasteiger partial charge in [0.25, 0.3) is 0 Å². The SMILES string of the molecule is O=c1cc2c(ccc1O)CCCO2. The Hall–Kier alpha value is -1.51. The van der Waals surface area contributed by atoms with Gasteiger partial charge in [0.15, 0.2) is 5.75 Å². The molecular formula is C10H10O3. The summed E-state index contributed by atoms with van der Waals surface area (Å²) in [6, 6.07) is 4.52. The van der Waals surface area contributed by atoms with E-state index in [1.807, 2.05) is 0 Å². The summed E-state index contributed by atoms with van der Waals surface area (Å²) in [7, 11) is 0. The average molecular weight is 178 g/mol. The zero-order chi connectivity index (χ0) is 9.26. The third-order valence-corrected chi connectivity index (χ3v) is 2.12. The Kier molecular flexibility index (Phi) is 1.93. The van der Waals surface area contributed by atoms with Gasteiger partial charge in [0.1, 0.15) is 5.75 Å². The molecule has 0 saturated heterocycles. The van der Waals surface area contributed by atoms with Gasteiger partial charge in [-0.1, -0.05) is 6.07 Å². The molecule has 0 aliphatic carbocycles. The highest BCUT2D eigenvalue weighted by molar-refractivity contribution is 5.37. The van der Waals surface area contributed by atoms with Crippen LogP contribution in [0.4, 0.5) is 0 Å². The highest BCUT2D eigenvalue weighted by Crippen LogP contribution is 2.22. The number of ether oxygens (including phenoxy) is 1. The van der Waals surface area contributed by atoms with Crippen molar-refractivity contribution in [3.8, 4) is 11.5 Å². The van der Waals surface area contributed by atoms with E-state index < -0.39 is 0 Å². The molecule has 1 aliphatic heterocycles. The lowest BCUT2D eigenvalue weighted by molar-refractivity contribution is 0.288. The van der Waals surface area contributed by atoms with Crippen LogP contribution < -0.4 is 10.2 Å². The van der Waals surface area contributed by atoms with Crippen LogP contribution in [-0.4, -0.2) is 11.7 Å². The third kappa shape index (κ3) is 1.49. The van der Waals surface area contributed by atoms with Crippen molar-refractivity contribution in [2.75, 3.05) is 6.61 Å². The van der Waals surface area contributed by atoms with Crippen LogP contribution in [-0.2, 0) is 6.42 Å². The highest BCUT2D eigenvalue weighted by atomic mass is 16.5. The van der Waals surface area contributed by atoms with E-state index >= 15 is 0 Å². The summed E-state index contributed by atoms with van der Waals surface area (Å²) < 4.78 is 5.31. The molecule has 0 fully saturated rings. The maximum Gasteiger partial charge on any atom is 0.223 e. The standard InChI is InChI=1S/C10H10O3/c11-8-4-3-7-2-1-5-13-10(7)6-9(8)12/h3-4,6H,1-2,5H2,(H,11,12). The van der Waals surface area contributed by atoms with E-state index in [9.17, 15) is 9.90 Å². The van der Waals surface area contributed by atoms with E-state index in [1.165, 1.54) is 12.1 Å². The fourth-order valence-electron chi connectivity index (χ4n) is 1.42. The topological polar surface area (TPSA) is 46.5 Å². The molecule has 0 unspecified atom stereocenters. The predicted octanol–water partition coefficient (Wildman–Crippen LogP) is 1.08. The van der Waals surface area contributed by atoms with Gasteiger partial charge in [-0.2, -0.15) is 0 Å². The monoisotopic (exact) mass is 178 g/mol. The predicted molar refractivity (Wildman–Crippen MR) is 48.2 cm³/mol. The van der Waals surface area contributed by atoms with Crippen molar-refractivity contribution in [3.63, 3.8) is 0 Å². The molecule has 0 bridgehead atoms. The van der Waals surface area contributed by atoms with Gasteiger partial charge < -0.3 is 9.84 Å². The summed E-state index contributed by atoms with van der Waals surface area (Å²) in [5, 5.41) is 9.17. The minimum atomic E-state index is -0.386. The van der Waals surface area contributed by atoms with Crippen molar-refractivity contribution in [1.82, 2.24) is 0 Å². The summed E-state index contributed by atoms with van der Waals surface area (Å²) in [6.07, 6.45) is 1.87. The summed E-state index contributed by atoms with van der Waals surface area (Å²) in [4.78, 5) is 11.2. The zero-order valence-electron chi connectivity index (χ0n) is 7.12. The molecule has 1 aromatic rings. The number of aromatic hydroxyl groups is 1. The van der Waals surface area contributed by atoms with Crippen molar-refractivity contribution in [2.24, 2.45) is 0 Å². The summed E-state index contributed by atoms with van der Waals surface area (Å²) >= 11 is 0. The lowest BCUT2D eigenvalue weighted by atomic mass is 10.1. The number of rotatable bonds is 0. The van der Waals surface area contributed by atoms with Crippen LogP contribution >= 0.6 is 0 Å². The van der Waals surface area contributed by atoms with E-state index in [-0.39, 0.29) is 11.2 Å². The van der Waals surface area contributed by atoms with Gasteiger partial charge >= 0.3 is 0 Å². The molecule has 0 spiro atoms. The molecule has 3 nitrogen and oxygen atoms in total. The first kappa shape index (κ1) is 8.10. The quantitative estimate of drug-likeness (QED) is 0.646. The molecule has 1 aromatic carbocycles. The van der Waals surface area contributed by atoms with Crippen LogP contribution in [0.3, 0.4) is 0 Å². The lowest BCUT2D eigenvalue weighted by Gasteiger charge is -2.13. The Morgan fingerprint density at radius 2 is 2.23 bits per heavy atom. The minimum absolute atomic E-state index is 0.224. The van der Waals surface area contributed by atoms with Crippen LogP contribution in [0.25, 0.3) is 0 Å². The first-order chi connectivity index (χ1) is 6.27. The van der Waals surface area contributed by atoms with E-state index in [2.05, 4.69) is 0 Å². The van der Waals surface area contributed by atoms with Gasteiger partial charge in [-0.25, -0.2) is 0 Å². The van der Waals surface area contributed by atoms with Crippen molar-refractivity contribution in [1.29, 1.82) is 0 Å². The van der Waals surface area contributed by atoms with Gasteiger partial charge in [-0.05, 0) is 24.5 Å². The summed E-state index contributed by atoms with van der Waals surface area (Å²) in [5.41, 5.74) is 0.604. The second-order valence-electron chi connectivity index (χ2n) is 3.07. The van der Waals surface area contributed by atoms with E-state index in [1.54, 1.807) is 6.07 Å². The van der Waals surface area contributed by atoms with Gasteiger partial charge in [0.2, 0.25) is 5.43 Å². The molecule has 2 rings (SSSR count). The number of aryl methyl sites for hydroxylation is 1. The van der Waals surface area contributed by atoms with Crippen molar-refractivity contribution in [3.05, 3.63) is 34.0 Å². The molecule has 68 valence electrons. The molecule has 0 amide bonds. The third-order valence-electron chi connectivity index (χ3n) is 2.12. The normalized spacial score (nSPS) is 14.5. The van der Waals surface area contributed by atoms with Crippen LogP contribution in [0, 0.1) is 0 Å². The number of fused-ring (bicyclic) bond motifs is 1. The molecule has 0 radical (unpaired) electrons. The zero-order valence-corrected chi connectivity index (χ0v) is 7.12. The molecule has 0 aromatic heterocycles. The fourth-order valence-corrected chi connectivity index (χ4v) is 1.42. The Morgan fingerprint density at radius 1 is 1.38 bits per heavy atom. The van der Waals surface area contributed by atoms with Crippen LogP contribution in [0.5, 0.6) is 11.5 Å². The smallest absolute Gasteiger partial charge is 0.223 e. The van der Waals surface area contributed by atoms with Gasteiger partial charge in [-0.3, -0.25) is 4.79 Å². The Balaban J connectivity index is 2.63. The second kappa shape index (κ2) is 3.09. The van der Waals surface area contributed by atoms with Gasteiger partial charge in [0.05, 0.1) is 6.61 Å². The van der Waals surface area contributed by atoms with E-state index in [4.69, 9.17) is 4.74 Å². The minimum Gasteiger partial charge on any atom is -0.504 e. The molecular weight excluding hydrogens is 168 g/mol. The van der Waals surface area contributed by atoms with Crippen LogP contribution in [0.15, 0.2) is 23.0 Å². The van der Waals surface area contributed by atoms with Crippen molar-refractivity contribution < 1.29 is 9.84 Å². The molecule has 0 atom stereocenters. The number of hydrogen-bond donors (Lipinski definition) is 1. The van der Waals surface area contributed by atoms with Gasteiger partial charge in [0, 0.05) is 6.07 Å². The first-order valence-corrected chi connectivity index (χ1v) is 4.26. The lowest BCUT2D eigenvalue weighted by Crippen LogP contribution is -2.08. The molecule has 1 N–H and O–H groups in total. The Bertz CT molecular complexity index is 385. The number of hydrogen-bond acceptors (Lipinski definition) is 3. The Labute approximate surface area is 75.6 Å². The molecule has 13 heavy (non-hydrogen) atoms. The maximum atomic E-state index is 11.2. The van der Waals surface area contributed by atoms with E-state index in [0.717, 1.165) is 18.4 Å². The molecule has 0 saturated carbocycles. The summed E-state index contributed by atoms with van der Waals surface area (Å²) in [6.45, 7) is 0.650. The van der Waals surface area contributed by atoms with Crippen LogP contribution in [0.2, 0.25) is 0 Å². The first-order valence-electron chi connectivity index (χ1n) is 4.26. The van der Waals surface area contributed by atoms with Crippen molar-refractivity contribution in [2.45, 2.75) is 12.8 Å². The van der Waals surface area contributed by atoms with E-state index in [0.29, 0.717) is 12.4 Å². The van der Waals surface area contributed by atoms with Crippen LogP contribution in [0.1, 0.15) is 12.0 Å². The average Bonchev–Trinajstić information content (AvgIpc) is 2.28. The summed E-state index contributed by atoms with van der Waals surface area (Å²) in [5.74, 6) is 0.384. The molecule has 3 heteroatoms. The van der Waals surface area contributed by atoms with Gasteiger partial charge in [-0.15, -0.1) is 0 Å². The highest BCUT2D eigenvalue weighted by Gasteiger charge is 2.09. The molecule has 1 heterocycles. The van der Waals surface area contributed by atoms with Crippen molar-refractivity contribution >= 4 is 0 Å². The molecule has 1 aliphatic rings. The Morgan fingerprint density at radius 3 is 3.08 bits per heavy atom. The second-order valence-corrected chi connectivity index (χ2v) is 3.07. The maximum absolute atomic E-state index is 11.2. The largest absolute Gasteiger partial charge is 0.504 e. The fraction of sp³-hybridized carbons (Fsp3) is 0.300.